The smallest absolute Gasteiger partial charge is 1.00 e. The zero-order valence-corrected chi connectivity index (χ0v) is 40.8. The van der Waals surface area contributed by atoms with Gasteiger partial charge in [-0.1, -0.05) is 103 Å². The van der Waals surface area contributed by atoms with Crippen molar-refractivity contribution in [1.29, 1.82) is 0 Å². The van der Waals surface area contributed by atoms with Crippen LogP contribution < -0.4 is 24.8 Å². The van der Waals surface area contributed by atoms with Gasteiger partial charge in [-0.25, -0.2) is 22.5 Å². The summed E-state index contributed by atoms with van der Waals surface area (Å²) in [7, 11) is -3.80. The zero-order chi connectivity index (χ0) is 34.9. The maximum atomic E-state index is 6.80. The second kappa shape index (κ2) is 19.7. The molecule has 4 aliphatic carbocycles. The molecule has 0 aromatic carbocycles. The van der Waals surface area contributed by atoms with Crippen molar-refractivity contribution in [3.63, 3.8) is 0 Å². The fourth-order valence-electron chi connectivity index (χ4n) is 7.89. The molecule has 0 radical (unpaired) electrons. The van der Waals surface area contributed by atoms with E-state index in [1.165, 1.54) is 32.7 Å². The van der Waals surface area contributed by atoms with Crippen LogP contribution in [0, 0.1) is 23.0 Å². The summed E-state index contributed by atoms with van der Waals surface area (Å²) in [6.07, 6.45) is 30.1. The summed E-state index contributed by atoms with van der Waals surface area (Å²) in [4.78, 5) is 0. The number of halogens is 2. The van der Waals surface area contributed by atoms with Crippen LogP contribution >= 0.6 is 0 Å². The van der Waals surface area contributed by atoms with E-state index in [0.29, 0.717) is 0 Å². The van der Waals surface area contributed by atoms with Crippen molar-refractivity contribution in [2.45, 2.75) is 158 Å². The minimum absolute atomic E-state index is 0. The average molecular weight is 826 g/mol. The second-order valence-electron chi connectivity index (χ2n) is 17.6. The Hall–Kier alpha value is 0.282. The van der Waals surface area contributed by atoms with Crippen LogP contribution in [0.25, 0.3) is 0 Å². The summed E-state index contributed by atoms with van der Waals surface area (Å²) in [5.74, 6) is 0. The van der Waals surface area contributed by atoms with Gasteiger partial charge < -0.3 is 34.3 Å². The molecule has 0 fully saturated rings. The van der Waals surface area contributed by atoms with Gasteiger partial charge in [0.25, 0.3) is 0 Å². The Balaban J connectivity index is 0. The number of ether oxygens (including phenoxy) is 2. The second-order valence-corrected chi connectivity index (χ2v) is 26.7. The predicted octanol–water partition coefficient (Wildman–Crippen LogP) is 5.90. The Morgan fingerprint density at radius 3 is 1.14 bits per heavy atom. The minimum atomic E-state index is -1.90. The van der Waals surface area contributed by atoms with E-state index in [0.717, 1.165) is 25.7 Å². The van der Waals surface area contributed by atoms with E-state index in [2.05, 4.69) is 170 Å². The first-order valence-electron chi connectivity index (χ1n) is 17.7. The zero-order valence-electron chi connectivity index (χ0n) is 34.2. The Morgan fingerprint density at radius 1 is 0.620 bits per heavy atom. The summed E-state index contributed by atoms with van der Waals surface area (Å²) in [6.45, 7) is 36.9. The van der Waals surface area contributed by atoms with Gasteiger partial charge in [0.05, 0.1) is 38.8 Å². The summed E-state index contributed by atoms with van der Waals surface area (Å²) in [6, 6.07) is 0. The van der Waals surface area contributed by atoms with Gasteiger partial charge in [-0.15, -0.1) is 12.8 Å². The molecule has 0 amide bonds. The molecule has 50 heavy (non-hydrogen) atoms. The van der Waals surface area contributed by atoms with E-state index < -0.39 is 16.1 Å². The van der Waals surface area contributed by atoms with E-state index in [1.54, 1.807) is 0 Å². The van der Waals surface area contributed by atoms with Gasteiger partial charge in [0.15, 0.2) is 0 Å². The molecule has 0 saturated heterocycles. The van der Waals surface area contributed by atoms with Crippen LogP contribution in [-0.2, 0) is 52.9 Å². The molecule has 0 aromatic heterocycles. The standard InChI is InChI=1S/2C21H33OSi.2ClH.2Ti/c2*1-16(2)22-21(23(7,8)18-11-9-10-12-18)14-13-17(3)15-19(21)20(4,5)6;;;;/h2*9,11,13,15-16H,10,14H2,1-8H3;2*1H;;/q2*-1;;;2*+2/p-2. The first kappa shape index (κ1) is 52.4. The molecule has 0 bridgehead atoms. The fraction of sp³-hybridized carbons (Fsp3) is 0.619. The molecule has 276 valence electrons. The summed E-state index contributed by atoms with van der Waals surface area (Å²) < 4.78 is 13.6. The van der Waals surface area contributed by atoms with Crippen LogP contribution in [0.3, 0.4) is 0 Å². The minimum Gasteiger partial charge on any atom is -1.00 e. The fourth-order valence-corrected chi connectivity index (χ4v) is 15.4. The third kappa shape index (κ3) is 11.2. The molecule has 0 aromatic rings. The van der Waals surface area contributed by atoms with Crippen molar-refractivity contribution < 1.29 is 77.7 Å². The van der Waals surface area contributed by atoms with E-state index in [1.807, 2.05) is 0 Å². The number of hydrogen-bond acceptors (Lipinski definition) is 2. The van der Waals surface area contributed by atoms with Gasteiger partial charge in [0.1, 0.15) is 0 Å². The van der Waals surface area contributed by atoms with E-state index in [9.17, 15) is 0 Å². The van der Waals surface area contributed by atoms with E-state index >= 15 is 0 Å². The normalized spacial score (nSPS) is 23.5. The van der Waals surface area contributed by atoms with Crippen molar-refractivity contribution in [3.05, 3.63) is 93.4 Å². The van der Waals surface area contributed by atoms with Crippen LogP contribution in [0.4, 0.5) is 0 Å². The van der Waals surface area contributed by atoms with E-state index in [-0.39, 0.29) is 102 Å². The molecular formula is C42H66Cl2O2Si2Ti2. The summed E-state index contributed by atoms with van der Waals surface area (Å²) in [5, 5.41) is 2.47. The van der Waals surface area contributed by atoms with Crippen molar-refractivity contribution >= 4 is 16.1 Å². The molecule has 4 rings (SSSR count). The maximum Gasteiger partial charge on any atom is 2.00 e. The van der Waals surface area contributed by atoms with Crippen LogP contribution in [0.2, 0.25) is 26.2 Å². The van der Waals surface area contributed by atoms with Gasteiger partial charge in [-0.2, -0.15) is 12.2 Å². The first-order chi connectivity index (χ1) is 21.0. The van der Waals surface area contributed by atoms with Gasteiger partial charge >= 0.3 is 43.4 Å². The van der Waals surface area contributed by atoms with Crippen molar-refractivity contribution in [3.8, 4) is 0 Å². The molecule has 4 aliphatic rings. The predicted molar refractivity (Wildman–Crippen MR) is 206 cm³/mol. The molecule has 8 heteroatoms. The van der Waals surface area contributed by atoms with E-state index in [4.69, 9.17) is 9.47 Å². The Kier molecular flexibility index (Phi) is 20.7. The molecule has 2 atom stereocenters. The van der Waals surface area contributed by atoms with Crippen LogP contribution in [0.1, 0.15) is 109 Å². The van der Waals surface area contributed by atoms with Gasteiger partial charge in [0, 0.05) is 0 Å². The quantitative estimate of drug-likeness (QED) is 0.225. The largest absolute Gasteiger partial charge is 2.00 e. The molecule has 0 aliphatic heterocycles. The molecule has 0 heterocycles. The molecule has 0 saturated carbocycles. The monoisotopic (exact) mass is 824 g/mol. The molecule has 2 unspecified atom stereocenters. The first-order valence-corrected chi connectivity index (χ1v) is 23.7. The summed E-state index contributed by atoms with van der Waals surface area (Å²) in [5.41, 5.74) is 5.84. The van der Waals surface area contributed by atoms with Crippen LogP contribution in [0.5, 0.6) is 0 Å². The molecule has 0 N–H and O–H groups in total. The topological polar surface area (TPSA) is 18.5 Å². The number of allylic oxidation sites excluding steroid dienone is 12. The number of rotatable bonds is 8. The third-order valence-corrected chi connectivity index (χ3v) is 18.9. The van der Waals surface area contributed by atoms with Gasteiger partial charge in [-0.05, 0) is 76.4 Å². The van der Waals surface area contributed by atoms with Crippen molar-refractivity contribution in [1.82, 2.24) is 0 Å². The summed E-state index contributed by atoms with van der Waals surface area (Å²) >= 11 is 0. The third-order valence-electron chi connectivity index (χ3n) is 10.3. The Bertz CT molecular complexity index is 1290. The molecule has 2 nitrogen and oxygen atoms in total. The van der Waals surface area contributed by atoms with Crippen molar-refractivity contribution in [2.75, 3.05) is 0 Å². The van der Waals surface area contributed by atoms with Crippen LogP contribution in [-0.4, -0.2) is 38.8 Å². The molecule has 0 spiro atoms. The Labute approximate surface area is 352 Å². The van der Waals surface area contributed by atoms with Gasteiger partial charge in [-0.3, -0.25) is 12.2 Å². The number of hydrogen-bond donors (Lipinski definition) is 0. The molecular weight excluding hydrogens is 759 g/mol. The van der Waals surface area contributed by atoms with Crippen molar-refractivity contribution in [2.24, 2.45) is 10.8 Å². The average Bonchev–Trinajstić information content (AvgIpc) is 3.65. The SMILES string of the molecule is CC1=CCC(OC(C)C)([Si](C)(C)C2=[C-]CC=C2)C(C(C)(C)C)=C1.CC1=CCC(OC(C)C)([Si](C)(C)C2=[C-]CC=C2)C(C(C)(C)C)=C1.[Cl-].[Cl-].[Ti+2].[Ti+2]. The maximum absolute atomic E-state index is 6.80. The Morgan fingerprint density at radius 2 is 0.920 bits per heavy atom. The van der Waals surface area contributed by atoms with Crippen LogP contribution in [0.15, 0.2) is 81.3 Å². The van der Waals surface area contributed by atoms with Gasteiger partial charge in [0.2, 0.25) is 0 Å².